The summed E-state index contributed by atoms with van der Waals surface area (Å²) in [4.78, 5) is 3.30. The second-order valence-corrected chi connectivity index (χ2v) is 4.24. The van der Waals surface area contributed by atoms with Crippen LogP contribution in [0.5, 0.6) is 0 Å². The number of aromatic nitrogens is 1. The highest BCUT2D eigenvalue weighted by Gasteiger charge is 2.06. The molecule has 2 rings (SSSR count). The first-order valence-corrected chi connectivity index (χ1v) is 5.38. The van der Waals surface area contributed by atoms with Crippen molar-refractivity contribution in [2.75, 3.05) is 0 Å². The average molecular weight is 259 g/mol. The molecule has 0 amide bonds. The summed E-state index contributed by atoms with van der Waals surface area (Å²) in [6, 6.07) is 6.18. The van der Waals surface area contributed by atoms with Gasteiger partial charge in [0.15, 0.2) is 0 Å². The zero-order chi connectivity index (χ0) is 9.42. The van der Waals surface area contributed by atoms with E-state index in [2.05, 4.69) is 33.0 Å². The molecular weight excluding hydrogens is 249 g/mol. The fraction of sp³-hybridized carbons (Fsp3) is 0.200. The van der Waals surface area contributed by atoms with Gasteiger partial charge in [-0.2, -0.15) is 0 Å². The van der Waals surface area contributed by atoms with Gasteiger partial charge in [0.25, 0.3) is 0 Å². The molecule has 0 aliphatic rings. The molecule has 0 atom stereocenters. The van der Waals surface area contributed by atoms with E-state index in [1.165, 1.54) is 10.9 Å². The summed E-state index contributed by atoms with van der Waals surface area (Å²) >= 11 is 9.32. The third-order valence-electron chi connectivity index (χ3n) is 2.22. The molecule has 0 saturated heterocycles. The van der Waals surface area contributed by atoms with E-state index in [1.807, 2.05) is 13.0 Å². The number of fused-ring (bicyclic) bond motifs is 1. The monoisotopic (exact) mass is 257 g/mol. The van der Waals surface area contributed by atoms with Crippen LogP contribution in [-0.2, 0) is 5.88 Å². The third-order valence-corrected chi connectivity index (χ3v) is 2.98. The summed E-state index contributed by atoms with van der Waals surface area (Å²) in [5.41, 5.74) is 3.50. The van der Waals surface area contributed by atoms with Crippen LogP contribution in [0.15, 0.2) is 22.7 Å². The molecule has 1 N–H and O–H groups in total. The van der Waals surface area contributed by atoms with Crippen LogP contribution in [0.1, 0.15) is 11.3 Å². The van der Waals surface area contributed by atoms with Crippen LogP contribution < -0.4 is 0 Å². The summed E-state index contributed by atoms with van der Waals surface area (Å²) < 4.78 is 1.09. The number of alkyl halides is 1. The number of hydrogen-bond donors (Lipinski definition) is 1. The first kappa shape index (κ1) is 9.10. The predicted molar refractivity (Wildman–Crippen MR) is 60.3 cm³/mol. The van der Waals surface area contributed by atoms with E-state index in [4.69, 9.17) is 11.6 Å². The summed E-state index contributed by atoms with van der Waals surface area (Å²) in [5.74, 6) is 0.558. The molecule has 1 aromatic heterocycles. The Bertz CT molecular complexity index is 447. The highest BCUT2D eigenvalue weighted by molar-refractivity contribution is 9.10. The van der Waals surface area contributed by atoms with Gasteiger partial charge in [-0.15, -0.1) is 11.6 Å². The molecule has 0 aliphatic heterocycles. The Balaban J connectivity index is 2.80. The standard InChI is InChI=1S/C10H9BrClN/c1-6-9(5-12)8-4-7(11)2-3-10(8)13-6/h2-4,13H,5H2,1H3. The Morgan fingerprint density at radius 2 is 2.23 bits per heavy atom. The van der Waals surface area contributed by atoms with Crippen LogP contribution in [0.3, 0.4) is 0 Å². The number of nitrogens with one attached hydrogen (secondary N) is 1. The van der Waals surface area contributed by atoms with E-state index in [-0.39, 0.29) is 0 Å². The van der Waals surface area contributed by atoms with E-state index >= 15 is 0 Å². The van der Waals surface area contributed by atoms with Gasteiger partial charge >= 0.3 is 0 Å². The molecular formula is C10H9BrClN. The first-order chi connectivity index (χ1) is 6.22. The van der Waals surface area contributed by atoms with Crippen LogP contribution in [0, 0.1) is 6.92 Å². The van der Waals surface area contributed by atoms with Crippen molar-refractivity contribution in [1.29, 1.82) is 0 Å². The van der Waals surface area contributed by atoms with Gasteiger partial charge in [0.05, 0.1) is 0 Å². The Morgan fingerprint density at radius 3 is 2.92 bits per heavy atom. The van der Waals surface area contributed by atoms with Gasteiger partial charge in [-0.05, 0) is 30.7 Å². The van der Waals surface area contributed by atoms with Crippen molar-refractivity contribution >= 4 is 38.4 Å². The molecule has 0 spiro atoms. The third kappa shape index (κ3) is 1.49. The maximum Gasteiger partial charge on any atom is 0.0497 e. The molecule has 68 valence electrons. The molecule has 0 bridgehead atoms. The fourth-order valence-electron chi connectivity index (χ4n) is 1.53. The average Bonchev–Trinajstić information content (AvgIpc) is 2.40. The Labute approximate surface area is 90.2 Å². The van der Waals surface area contributed by atoms with Crippen molar-refractivity contribution < 1.29 is 0 Å². The lowest BCUT2D eigenvalue weighted by Crippen LogP contribution is -1.78. The van der Waals surface area contributed by atoms with Gasteiger partial charge in [-0.25, -0.2) is 0 Å². The Hall–Kier alpha value is -0.470. The topological polar surface area (TPSA) is 15.8 Å². The number of rotatable bonds is 1. The summed E-state index contributed by atoms with van der Waals surface area (Å²) in [6.07, 6.45) is 0. The van der Waals surface area contributed by atoms with Crippen molar-refractivity contribution in [3.05, 3.63) is 33.9 Å². The van der Waals surface area contributed by atoms with Crippen molar-refractivity contribution in [2.24, 2.45) is 0 Å². The minimum atomic E-state index is 0.558. The lowest BCUT2D eigenvalue weighted by Gasteiger charge is -1.94. The van der Waals surface area contributed by atoms with Crippen molar-refractivity contribution in [3.63, 3.8) is 0 Å². The summed E-state index contributed by atoms with van der Waals surface area (Å²) in [6.45, 7) is 2.05. The normalized spacial score (nSPS) is 11.0. The molecule has 0 radical (unpaired) electrons. The molecule has 2 aromatic rings. The minimum absolute atomic E-state index is 0.558. The number of hydrogen-bond acceptors (Lipinski definition) is 0. The smallest absolute Gasteiger partial charge is 0.0497 e. The highest BCUT2D eigenvalue weighted by atomic mass is 79.9. The second kappa shape index (κ2) is 3.35. The van der Waals surface area contributed by atoms with Gasteiger partial charge in [-0.1, -0.05) is 15.9 Å². The van der Waals surface area contributed by atoms with E-state index in [1.54, 1.807) is 0 Å². The van der Waals surface area contributed by atoms with Crippen LogP contribution in [0.4, 0.5) is 0 Å². The molecule has 0 aliphatic carbocycles. The van der Waals surface area contributed by atoms with Crippen molar-refractivity contribution in [2.45, 2.75) is 12.8 Å². The molecule has 13 heavy (non-hydrogen) atoms. The van der Waals surface area contributed by atoms with Crippen molar-refractivity contribution in [1.82, 2.24) is 4.98 Å². The maximum absolute atomic E-state index is 5.87. The van der Waals surface area contributed by atoms with Gasteiger partial charge in [0.1, 0.15) is 0 Å². The largest absolute Gasteiger partial charge is 0.358 e. The van der Waals surface area contributed by atoms with E-state index in [0.29, 0.717) is 5.88 Å². The first-order valence-electron chi connectivity index (χ1n) is 4.05. The highest BCUT2D eigenvalue weighted by Crippen LogP contribution is 2.26. The van der Waals surface area contributed by atoms with Crippen LogP contribution in [0.2, 0.25) is 0 Å². The Morgan fingerprint density at radius 1 is 1.46 bits per heavy atom. The quantitative estimate of drug-likeness (QED) is 0.745. The molecule has 3 heteroatoms. The van der Waals surface area contributed by atoms with Gasteiger partial charge in [0, 0.05) is 26.9 Å². The zero-order valence-corrected chi connectivity index (χ0v) is 9.54. The van der Waals surface area contributed by atoms with Gasteiger partial charge < -0.3 is 4.98 Å². The predicted octanol–water partition coefficient (Wildman–Crippen LogP) is 3.98. The number of halogens is 2. The molecule has 1 nitrogen and oxygen atoms in total. The lowest BCUT2D eigenvalue weighted by atomic mass is 10.1. The number of H-pyrrole nitrogens is 1. The lowest BCUT2D eigenvalue weighted by molar-refractivity contribution is 1.24. The number of benzene rings is 1. The van der Waals surface area contributed by atoms with E-state index in [0.717, 1.165) is 15.7 Å². The summed E-state index contributed by atoms with van der Waals surface area (Å²) in [5, 5.41) is 1.21. The van der Waals surface area contributed by atoms with Crippen LogP contribution in [0.25, 0.3) is 10.9 Å². The van der Waals surface area contributed by atoms with E-state index < -0.39 is 0 Å². The van der Waals surface area contributed by atoms with Gasteiger partial charge in [-0.3, -0.25) is 0 Å². The molecule has 0 fully saturated rings. The van der Waals surface area contributed by atoms with Gasteiger partial charge in [0.2, 0.25) is 0 Å². The number of aromatic amines is 1. The Kier molecular flexibility index (Phi) is 2.35. The van der Waals surface area contributed by atoms with Crippen LogP contribution >= 0.6 is 27.5 Å². The maximum atomic E-state index is 5.87. The minimum Gasteiger partial charge on any atom is -0.358 e. The second-order valence-electron chi connectivity index (χ2n) is 3.05. The van der Waals surface area contributed by atoms with E-state index in [9.17, 15) is 0 Å². The fourth-order valence-corrected chi connectivity index (χ4v) is 2.23. The summed E-state index contributed by atoms with van der Waals surface area (Å²) in [7, 11) is 0. The molecule has 0 unspecified atom stereocenters. The van der Waals surface area contributed by atoms with Crippen molar-refractivity contribution in [3.8, 4) is 0 Å². The molecule has 0 saturated carbocycles. The SMILES string of the molecule is Cc1[nH]c2ccc(Br)cc2c1CCl. The van der Waals surface area contributed by atoms with Crippen LogP contribution in [-0.4, -0.2) is 4.98 Å². The zero-order valence-electron chi connectivity index (χ0n) is 7.20. The molecule has 1 aromatic carbocycles. The number of aryl methyl sites for hydroxylation is 1. The molecule has 1 heterocycles.